The largest absolute Gasteiger partial charge is 0.493 e. The highest BCUT2D eigenvalue weighted by Gasteiger charge is 2.24. The van der Waals surface area contributed by atoms with E-state index in [4.69, 9.17) is 9.47 Å². The Balaban J connectivity index is 1.75. The zero-order valence-electron chi connectivity index (χ0n) is 15.0. The average molecular weight is 349 g/mol. The Morgan fingerprint density at radius 3 is 2.58 bits per heavy atom. The van der Waals surface area contributed by atoms with Crippen molar-refractivity contribution in [1.82, 2.24) is 0 Å². The second kappa shape index (κ2) is 8.99. The normalized spacial score (nSPS) is 15.0. The molecule has 0 atom stereocenters. The van der Waals surface area contributed by atoms with E-state index < -0.39 is 5.97 Å². The lowest BCUT2D eigenvalue weighted by atomic mass is 10.1. The van der Waals surface area contributed by atoms with Gasteiger partial charge in [0.15, 0.2) is 5.70 Å². The first-order valence-electron chi connectivity index (χ1n) is 9.07. The standard InChI is InChI=1S/C22H23NO3/c1-2-3-4-10-15-25-20-14-9-8-13-18(20)16-19-22(24)26-21(23-19)17-11-6-5-7-12-17/h5-9,11-14,16H,2-4,10,15H2,1H3/b19-16-. The predicted octanol–water partition coefficient (Wildman–Crippen LogP) is 4.99. The molecule has 0 radical (unpaired) electrons. The smallest absolute Gasteiger partial charge is 0.363 e. The minimum atomic E-state index is -0.443. The van der Waals surface area contributed by atoms with Crippen LogP contribution in [0.15, 0.2) is 65.3 Å². The quantitative estimate of drug-likeness (QED) is 0.383. The predicted molar refractivity (Wildman–Crippen MR) is 103 cm³/mol. The van der Waals surface area contributed by atoms with Crippen molar-refractivity contribution in [3.05, 3.63) is 71.4 Å². The van der Waals surface area contributed by atoms with Crippen LogP contribution in [0.3, 0.4) is 0 Å². The molecule has 0 aromatic heterocycles. The molecular formula is C22H23NO3. The highest BCUT2D eigenvalue weighted by Crippen LogP contribution is 2.25. The maximum Gasteiger partial charge on any atom is 0.363 e. The van der Waals surface area contributed by atoms with Crippen molar-refractivity contribution in [2.24, 2.45) is 4.99 Å². The Labute approximate surface area is 154 Å². The number of hydrogen-bond donors (Lipinski definition) is 0. The Kier molecular flexibility index (Phi) is 6.20. The third-order valence-electron chi connectivity index (χ3n) is 4.11. The molecule has 4 heteroatoms. The van der Waals surface area contributed by atoms with Crippen LogP contribution in [0.25, 0.3) is 6.08 Å². The summed E-state index contributed by atoms with van der Waals surface area (Å²) in [4.78, 5) is 16.5. The molecule has 0 saturated heterocycles. The number of nitrogens with zero attached hydrogens (tertiary/aromatic N) is 1. The van der Waals surface area contributed by atoms with Gasteiger partial charge in [-0.1, -0.05) is 62.6 Å². The molecule has 1 aliphatic heterocycles. The van der Waals surface area contributed by atoms with E-state index in [-0.39, 0.29) is 5.70 Å². The summed E-state index contributed by atoms with van der Waals surface area (Å²) >= 11 is 0. The van der Waals surface area contributed by atoms with Crippen LogP contribution < -0.4 is 4.74 Å². The van der Waals surface area contributed by atoms with Gasteiger partial charge in [0.05, 0.1) is 6.61 Å². The summed E-state index contributed by atoms with van der Waals surface area (Å²) in [5.41, 5.74) is 1.89. The molecule has 4 nitrogen and oxygen atoms in total. The number of carbonyl (C=O) groups is 1. The third-order valence-corrected chi connectivity index (χ3v) is 4.11. The molecule has 0 bridgehead atoms. The minimum absolute atomic E-state index is 0.283. The molecular weight excluding hydrogens is 326 g/mol. The Hall–Kier alpha value is -2.88. The number of benzene rings is 2. The van der Waals surface area contributed by atoms with Gasteiger partial charge in [-0.05, 0) is 30.7 Å². The molecule has 0 spiro atoms. The van der Waals surface area contributed by atoms with Crippen LogP contribution in [0.4, 0.5) is 0 Å². The number of ether oxygens (including phenoxy) is 2. The first kappa shape index (κ1) is 17.9. The SMILES string of the molecule is CCCCCCOc1ccccc1/C=C1\N=C(c2ccccc2)OC1=O. The van der Waals surface area contributed by atoms with Crippen LogP contribution in [0.2, 0.25) is 0 Å². The lowest BCUT2D eigenvalue weighted by Crippen LogP contribution is -2.05. The summed E-state index contributed by atoms with van der Waals surface area (Å²) in [6.45, 7) is 2.86. The molecule has 134 valence electrons. The van der Waals surface area contributed by atoms with Crippen molar-refractivity contribution >= 4 is 17.9 Å². The number of hydrogen-bond acceptors (Lipinski definition) is 4. The number of para-hydroxylation sites is 1. The van der Waals surface area contributed by atoms with Crippen molar-refractivity contribution in [3.63, 3.8) is 0 Å². The van der Waals surface area contributed by atoms with E-state index in [2.05, 4.69) is 11.9 Å². The third kappa shape index (κ3) is 4.60. The minimum Gasteiger partial charge on any atom is -0.493 e. The number of unbranched alkanes of at least 4 members (excludes halogenated alkanes) is 3. The molecule has 0 unspecified atom stereocenters. The summed E-state index contributed by atoms with van der Waals surface area (Å²) < 4.78 is 11.2. The first-order valence-corrected chi connectivity index (χ1v) is 9.07. The second-order valence-corrected chi connectivity index (χ2v) is 6.15. The van der Waals surface area contributed by atoms with E-state index in [1.54, 1.807) is 6.08 Å². The average Bonchev–Trinajstić information content (AvgIpc) is 3.04. The monoisotopic (exact) mass is 349 g/mol. The molecule has 1 heterocycles. The molecule has 2 aromatic rings. The van der Waals surface area contributed by atoms with Gasteiger partial charge < -0.3 is 9.47 Å². The molecule has 26 heavy (non-hydrogen) atoms. The van der Waals surface area contributed by atoms with Crippen molar-refractivity contribution < 1.29 is 14.3 Å². The van der Waals surface area contributed by atoms with Crippen LogP contribution in [0.1, 0.15) is 43.7 Å². The molecule has 0 saturated carbocycles. The fraction of sp³-hybridized carbons (Fsp3) is 0.273. The Morgan fingerprint density at radius 2 is 1.77 bits per heavy atom. The van der Waals surface area contributed by atoms with Gasteiger partial charge in [0, 0.05) is 11.1 Å². The summed E-state index contributed by atoms with van der Waals surface area (Å²) in [6, 6.07) is 17.1. The Bertz CT molecular complexity index is 809. The number of esters is 1. The van der Waals surface area contributed by atoms with Crippen LogP contribution in [-0.2, 0) is 9.53 Å². The topological polar surface area (TPSA) is 47.9 Å². The van der Waals surface area contributed by atoms with E-state index in [0.717, 1.165) is 29.7 Å². The van der Waals surface area contributed by atoms with E-state index in [1.807, 2.05) is 54.6 Å². The molecule has 1 aliphatic rings. The van der Waals surface area contributed by atoms with Crippen molar-refractivity contribution in [1.29, 1.82) is 0 Å². The molecule has 0 aliphatic carbocycles. The van der Waals surface area contributed by atoms with Gasteiger partial charge in [0.1, 0.15) is 5.75 Å². The number of rotatable bonds is 8. The van der Waals surface area contributed by atoms with Crippen LogP contribution >= 0.6 is 0 Å². The lowest BCUT2D eigenvalue weighted by molar-refractivity contribution is -0.129. The zero-order chi connectivity index (χ0) is 18.2. The van der Waals surface area contributed by atoms with Gasteiger partial charge in [0.2, 0.25) is 5.90 Å². The van der Waals surface area contributed by atoms with Crippen LogP contribution in [0, 0.1) is 0 Å². The summed E-state index contributed by atoms with van der Waals surface area (Å²) in [7, 11) is 0. The highest BCUT2D eigenvalue weighted by atomic mass is 16.6. The number of carbonyl (C=O) groups excluding carboxylic acids is 1. The van der Waals surface area contributed by atoms with Crippen LogP contribution in [0.5, 0.6) is 5.75 Å². The molecule has 0 fully saturated rings. The van der Waals surface area contributed by atoms with E-state index in [0.29, 0.717) is 12.5 Å². The first-order chi connectivity index (χ1) is 12.8. The fourth-order valence-corrected chi connectivity index (χ4v) is 2.70. The zero-order valence-corrected chi connectivity index (χ0v) is 15.0. The second-order valence-electron chi connectivity index (χ2n) is 6.15. The van der Waals surface area contributed by atoms with E-state index >= 15 is 0 Å². The summed E-state index contributed by atoms with van der Waals surface area (Å²) in [6.07, 6.45) is 6.33. The van der Waals surface area contributed by atoms with Gasteiger partial charge >= 0.3 is 5.97 Å². The molecule has 0 N–H and O–H groups in total. The van der Waals surface area contributed by atoms with Gasteiger partial charge in [-0.25, -0.2) is 9.79 Å². The van der Waals surface area contributed by atoms with Gasteiger partial charge in [-0.15, -0.1) is 0 Å². The molecule has 2 aromatic carbocycles. The summed E-state index contributed by atoms with van der Waals surface area (Å²) in [5.74, 6) is 0.647. The van der Waals surface area contributed by atoms with E-state index in [1.165, 1.54) is 12.8 Å². The molecule has 3 rings (SSSR count). The van der Waals surface area contributed by atoms with Crippen LogP contribution in [-0.4, -0.2) is 18.5 Å². The molecule has 0 amide bonds. The van der Waals surface area contributed by atoms with Crippen molar-refractivity contribution in [3.8, 4) is 5.75 Å². The van der Waals surface area contributed by atoms with Gasteiger partial charge in [-0.3, -0.25) is 0 Å². The Morgan fingerprint density at radius 1 is 1.00 bits per heavy atom. The summed E-state index contributed by atoms with van der Waals surface area (Å²) in [5, 5.41) is 0. The van der Waals surface area contributed by atoms with Gasteiger partial charge in [0.25, 0.3) is 0 Å². The maximum absolute atomic E-state index is 12.2. The maximum atomic E-state index is 12.2. The van der Waals surface area contributed by atoms with Crippen molar-refractivity contribution in [2.75, 3.05) is 6.61 Å². The number of cyclic esters (lactones) is 1. The number of aliphatic imine (C=N–C) groups is 1. The lowest BCUT2D eigenvalue weighted by Gasteiger charge is -2.09. The fourth-order valence-electron chi connectivity index (χ4n) is 2.70. The van der Waals surface area contributed by atoms with E-state index in [9.17, 15) is 4.79 Å². The van der Waals surface area contributed by atoms with Gasteiger partial charge in [-0.2, -0.15) is 0 Å². The van der Waals surface area contributed by atoms with Crippen molar-refractivity contribution in [2.45, 2.75) is 32.6 Å². The highest BCUT2D eigenvalue weighted by molar-refractivity contribution is 6.12.